The van der Waals surface area contributed by atoms with Gasteiger partial charge in [-0.15, -0.1) is 11.3 Å². The van der Waals surface area contributed by atoms with E-state index in [2.05, 4.69) is 10.1 Å². The van der Waals surface area contributed by atoms with Gasteiger partial charge in [-0.3, -0.25) is 10.3 Å². The minimum absolute atomic E-state index is 0.0158. The Labute approximate surface area is 231 Å². The molecule has 0 amide bonds. The Hall–Kier alpha value is -2.13. The van der Waals surface area contributed by atoms with Crippen molar-refractivity contribution in [2.24, 2.45) is 15.9 Å². The predicted molar refractivity (Wildman–Crippen MR) is 133 cm³/mol. The molecule has 0 saturated carbocycles. The van der Waals surface area contributed by atoms with Crippen molar-refractivity contribution in [2.75, 3.05) is 13.1 Å². The average Bonchev–Trinajstić information content (AvgIpc) is 3.47. The number of aliphatic hydroxyl groups excluding tert-OH is 1. The van der Waals surface area contributed by atoms with Crippen LogP contribution in [0.2, 0.25) is 10.0 Å². The van der Waals surface area contributed by atoms with Crippen LogP contribution in [0, 0.1) is 5.82 Å². The van der Waals surface area contributed by atoms with E-state index in [0.29, 0.717) is 22.6 Å². The molecule has 2 unspecified atom stereocenters. The zero-order chi connectivity index (χ0) is 28.8. The van der Waals surface area contributed by atoms with Crippen molar-refractivity contribution >= 4 is 46.1 Å². The van der Waals surface area contributed by atoms with Crippen LogP contribution < -0.4 is 11.1 Å². The van der Waals surface area contributed by atoms with Gasteiger partial charge in [0.1, 0.15) is 17.8 Å². The quantitative estimate of drug-likeness (QED) is 0.119. The molecule has 4 rings (SSSR count). The second-order valence-electron chi connectivity index (χ2n) is 9.05. The monoisotopic (exact) mass is 620 g/mol. The second kappa shape index (κ2) is 11.0. The van der Waals surface area contributed by atoms with Crippen molar-refractivity contribution in [3.63, 3.8) is 0 Å². The highest BCUT2D eigenvalue weighted by atomic mass is 35.5. The molecule has 1 aliphatic heterocycles. The Balaban J connectivity index is 1.65. The summed E-state index contributed by atoms with van der Waals surface area (Å²) in [6.45, 7) is -1.90. The van der Waals surface area contributed by atoms with Crippen LogP contribution in [-0.2, 0) is 23.3 Å². The van der Waals surface area contributed by atoms with Gasteiger partial charge >= 0.3 is 12.4 Å². The number of fused-ring (bicyclic) bond motifs is 1. The van der Waals surface area contributed by atoms with Crippen LogP contribution in [0.4, 0.5) is 30.7 Å². The van der Waals surface area contributed by atoms with Gasteiger partial charge in [0.05, 0.1) is 39.3 Å². The molecule has 0 radical (unpaired) electrons. The number of amidine groups is 1. The second-order valence-corrected chi connectivity index (χ2v) is 10.9. The van der Waals surface area contributed by atoms with E-state index in [1.54, 1.807) is 0 Å². The first-order chi connectivity index (χ1) is 18.1. The lowest BCUT2D eigenvalue weighted by molar-refractivity contribution is -0.275. The Morgan fingerprint density at radius 2 is 1.77 bits per heavy atom. The number of hydrogen-bond acceptors (Lipinski definition) is 6. The van der Waals surface area contributed by atoms with Gasteiger partial charge in [-0.1, -0.05) is 28.4 Å². The fourth-order valence-corrected chi connectivity index (χ4v) is 6.23. The summed E-state index contributed by atoms with van der Waals surface area (Å²) in [7, 11) is 0. The van der Waals surface area contributed by atoms with Crippen LogP contribution >= 0.6 is 34.5 Å². The van der Waals surface area contributed by atoms with Gasteiger partial charge in [-0.05, 0) is 48.9 Å². The third-order valence-corrected chi connectivity index (χ3v) is 8.22. The number of benzene rings is 1. The summed E-state index contributed by atoms with van der Waals surface area (Å²) >= 11 is 12.6. The molecule has 2 aromatic rings. The average molecular weight is 621 g/mol. The summed E-state index contributed by atoms with van der Waals surface area (Å²) in [6, 6.07) is 1.60. The van der Waals surface area contributed by atoms with Crippen molar-refractivity contribution in [3.8, 4) is 0 Å². The molecule has 4 N–H and O–H groups in total. The maximum absolute atomic E-state index is 14.4. The van der Waals surface area contributed by atoms with Crippen LogP contribution in [0.3, 0.4) is 0 Å². The number of nitrogens with zero attached hydrogens (tertiary/aromatic N) is 2. The van der Waals surface area contributed by atoms with E-state index in [0.717, 1.165) is 47.4 Å². The van der Waals surface area contributed by atoms with Crippen molar-refractivity contribution in [1.82, 2.24) is 5.32 Å². The molecule has 1 aromatic carbocycles. The molecular weight excluding hydrogens is 600 g/mol. The Morgan fingerprint density at radius 3 is 2.36 bits per heavy atom. The van der Waals surface area contributed by atoms with E-state index in [1.807, 2.05) is 5.32 Å². The minimum atomic E-state index is -4.98. The molecule has 16 heteroatoms. The maximum Gasteiger partial charge on any atom is 0.435 e. The fourth-order valence-electron chi connectivity index (χ4n) is 4.44. The molecule has 0 saturated heterocycles. The lowest BCUT2D eigenvalue weighted by atomic mass is 9.85. The standard InChI is InChI=1S/C23H21Cl2F7N4O2S/c24-13-5-10(6-14(25)17(13)26)21(23(30,31)32)7-15(36-38-21)18-11-3-1-2-4-12(11)19(39-18)20(33)34-8-16(37)35-9-22(27,28)29/h5-6,16,35,37H,1-4,7-9H2,(H2,33,34). The third-order valence-electron chi connectivity index (χ3n) is 6.32. The zero-order valence-electron chi connectivity index (χ0n) is 19.8. The summed E-state index contributed by atoms with van der Waals surface area (Å²) in [6.07, 6.45) is -9.27. The van der Waals surface area contributed by atoms with Gasteiger partial charge in [0, 0.05) is 5.56 Å². The third kappa shape index (κ3) is 6.14. The van der Waals surface area contributed by atoms with E-state index in [4.69, 9.17) is 33.8 Å². The van der Waals surface area contributed by atoms with E-state index < -0.39 is 65.1 Å². The number of thiophene rings is 1. The molecule has 6 nitrogen and oxygen atoms in total. The summed E-state index contributed by atoms with van der Waals surface area (Å²) in [5.41, 5.74) is 4.08. The molecule has 0 spiro atoms. The molecule has 1 aromatic heterocycles. The van der Waals surface area contributed by atoms with Crippen LogP contribution in [-0.4, -0.2) is 48.3 Å². The summed E-state index contributed by atoms with van der Waals surface area (Å²) in [4.78, 5) is 9.87. The SMILES string of the molecule is NC(=NCC(O)NCC(F)(F)F)c1sc(C2=NOC(c3cc(Cl)c(F)c(Cl)c3)(C(F)(F)F)C2)c2c1CCCC2. The highest BCUT2D eigenvalue weighted by Gasteiger charge is 2.63. The molecular formula is C23H21Cl2F7N4O2S. The highest BCUT2D eigenvalue weighted by Crippen LogP contribution is 2.51. The first-order valence-electron chi connectivity index (χ1n) is 11.5. The number of aliphatic imine (C=N–C) groups is 1. The number of rotatable bonds is 7. The number of nitrogens with two attached hydrogens (primary N) is 1. The first-order valence-corrected chi connectivity index (χ1v) is 13.1. The summed E-state index contributed by atoms with van der Waals surface area (Å²) in [5, 5.41) is 14.2. The van der Waals surface area contributed by atoms with Gasteiger partial charge in [0.2, 0.25) is 0 Å². The van der Waals surface area contributed by atoms with E-state index in [1.165, 1.54) is 0 Å². The molecule has 2 heterocycles. The lowest BCUT2D eigenvalue weighted by Gasteiger charge is -2.29. The molecule has 0 bridgehead atoms. The lowest BCUT2D eigenvalue weighted by Crippen LogP contribution is -2.42. The minimum Gasteiger partial charge on any atom is -0.383 e. The number of hydrogen-bond donors (Lipinski definition) is 3. The van der Waals surface area contributed by atoms with Crippen molar-refractivity contribution < 1.29 is 40.7 Å². The van der Waals surface area contributed by atoms with Crippen molar-refractivity contribution in [1.29, 1.82) is 0 Å². The molecule has 2 atom stereocenters. The largest absolute Gasteiger partial charge is 0.435 e. The van der Waals surface area contributed by atoms with Crippen LogP contribution in [0.25, 0.3) is 0 Å². The van der Waals surface area contributed by atoms with Gasteiger partial charge in [-0.2, -0.15) is 26.3 Å². The number of oxime groups is 1. The summed E-state index contributed by atoms with van der Waals surface area (Å²) in [5.74, 6) is -1.14. The molecule has 39 heavy (non-hydrogen) atoms. The van der Waals surface area contributed by atoms with Crippen molar-refractivity contribution in [3.05, 3.63) is 54.4 Å². The molecule has 214 valence electrons. The maximum atomic E-state index is 14.4. The molecule has 2 aliphatic rings. The van der Waals surface area contributed by atoms with Gasteiger partial charge in [-0.25, -0.2) is 4.39 Å². The number of alkyl halides is 6. The Bertz CT molecular complexity index is 1290. The van der Waals surface area contributed by atoms with Gasteiger partial charge in [0.25, 0.3) is 5.60 Å². The Kier molecular flexibility index (Phi) is 8.44. The van der Waals surface area contributed by atoms with Gasteiger partial charge < -0.3 is 15.7 Å². The zero-order valence-corrected chi connectivity index (χ0v) is 22.1. The highest BCUT2D eigenvalue weighted by molar-refractivity contribution is 7.16. The topological polar surface area (TPSA) is 92.2 Å². The van der Waals surface area contributed by atoms with Crippen LogP contribution in [0.15, 0.2) is 22.3 Å². The fraction of sp³-hybridized carbons (Fsp3) is 0.478. The van der Waals surface area contributed by atoms with Gasteiger partial charge in [0.15, 0.2) is 5.82 Å². The summed E-state index contributed by atoms with van der Waals surface area (Å²) < 4.78 is 94.3. The number of aliphatic hydroxyl groups is 1. The Morgan fingerprint density at radius 1 is 1.15 bits per heavy atom. The normalized spacial score (nSPS) is 21.0. The van der Waals surface area contributed by atoms with E-state index in [-0.39, 0.29) is 11.5 Å². The molecule has 0 fully saturated rings. The first kappa shape index (κ1) is 29.8. The van der Waals surface area contributed by atoms with E-state index in [9.17, 15) is 35.8 Å². The number of halogens is 9. The van der Waals surface area contributed by atoms with E-state index >= 15 is 0 Å². The van der Waals surface area contributed by atoms with Crippen molar-refractivity contribution in [2.45, 2.75) is 56.3 Å². The number of nitrogens with one attached hydrogen (secondary N) is 1. The predicted octanol–water partition coefficient (Wildman–Crippen LogP) is 5.83. The molecule has 1 aliphatic carbocycles. The van der Waals surface area contributed by atoms with Crippen LogP contribution in [0.1, 0.15) is 45.7 Å². The smallest absolute Gasteiger partial charge is 0.383 e. The van der Waals surface area contributed by atoms with Crippen LogP contribution in [0.5, 0.6) is 0 Å².